The number of fused-ring (bicyclic) bond motifs is 1. The Kier molecular flexibility index (Phi) is 4.44. The van der Waals surface area contributed by atoms with Gasteiger partial charge in [0.05, 0.1) is 7.11 Å². The highest BCUT2D eigenvalue weighted by molar-refractivity contribution is 6.02. The van der Waals surface area contributed by atoms with Gasteiger partial charge in [0.1, 0.15) is 24.1 Å². The largest absolute Gasteiger partial charge is 0.496 e. The van der Waals surface area contributed by atoms with Gasteiger partial charge in [-0.3, -0.25) is 0 Å². The summed E-state index contributed by atoms with van der Waals surface area (Å²) >= 11 is 0. The van der Waals surface area contributed by atoms with E-state index in [0.29, 0.717) is 18.2 Å². The fraction of sp³-hybridized carbons (Fsp3) is 0.100. The molecule has 3 aromatic rings. The number of nitrogens with zero attached hydrogens (tertiary/aromatic N) is 2. The van der Waals surface area contributed by atoms with Gasteiger partial charge in [-0.15, -0.1) is 0 Å². The molecule has 0 atom stereocenters. The number of hydrogen-bond donors (Lipinski definition) is 0. The second kappa shape index (κ2) is 6.84. The lowest BCUT2D eigenvalue weighted by atomic mass is 9.97. The maximum atomic E-state index is 9.32. The molecule has 3 rings (SSSR count). The third kappa shape index (κ3) is 2.80. The van der Waals surface area contributed by atoms with Gasteiger partial charge in [-0.1, -0.05) is 43.0 Å². The van der Waals surface area contributed by atoms with Gasteiger partial charge < -0.3 is 9.47 Å². The molecule has 0 saturated heterocycles. The SMILES string of the molecule is C=CCOc1nc(C#N)cc2c(-c3ccccc3)c(OC)ccc12. The number of methoxy groups -OCH3 is 1. The number of ether oxygens (including phenoxy) is 2. The zero-order chi connectivity index (χ0) is 16.9. The van der Waals surface area contributed by atoms with Crippen LogP contribution in [0.3, 0.4) is 0 Å². The van der Waals surface area contributed by atoms with Crippen molar-refractivity contribution in [2.24, 2.45) is 0 Å². The highest BCUT2D eigenvalue weighted by Gasteiger charge is 2.15. The molecule has 0 aliphatic carbocycles. The van der Waals surface area contributed by atoms with Crippen LogP contribution in [0.4, 0.5) is 0 Å². The van der Waals surface area contributed by atoms with Crippen LogP contribution in [-0.4, -0.2) is 18.7 Å². The summed E-state index contributed by atoms with van der Waals surface area (Å²) in [7, 11) is 1.63. The van der Waals surface area contributed by atoms with Crippen LogP contribution >= 0.6 is 0 Å². The van der Waals surface area contributed by atoms with E-state index >= 15 is 0 Å². The molecule has 0 aliphatic rings. The second-order valence-electron chi connectivity index (χ2n) is 5.13. The minimum atomic E-state index is 0.298. The van der Waals surface area contributed by atoms with Crippen LogP contribution in [0, 0.1) is 11.3 Å². The number of aromatic nitrogens is 1. The summed E-state index contributed by atoms with van der Waals surface area (Å²) in [6, 6.07) is 17.6. The van der Waals surface area contributed by atoms with Crippen LogP contribution in [0.25, 0.3) is 21.9 Å². The zero-order valence-corrected chi connectivity index (χ0v) is 13.3. The van der Waals surface area contributed by atoms with Crippen molar-refractivity contribution in [2.45, 2.75) is 0 Å². The molecule has 0 unspecified atom stereocenters. The minimum Gasteiger partial charge on any atom is -0.496 e. The molecule has 0 N–H and O–H groups in total. The molecule has 0 bridgehead atoms. The Morgan fingerprint density at radius 1 is 1.17 bits per heavy atom. The first kappa shape index (κ1) is 15.6. The molecular weight excluding hydrogens is 300 g/mol. The maximum absolute atomic E-state index is 9.32. The number of rotatable bonds is 5. The standard InChI is InChI=1S/C20H16N2O2/c1-3-11-24-20-16-9-10-18(23-2)19(14-7-5-4-6-8-14)17(16)12-15(13-21)22-20/h3-10,12H,1,11H2,2H3. The van der Waals surface area contributed by atoms with Gasteiger partial charge in [0.2, 0.25) is 5.88 Å². The van der Waals surface area contributed by atoms with Gasteiger partial charge in [0.15, 0.2) is 0 Å². The Balaban J connectivity index is 2.36. The number of hydrogen-bond acceptors (Lipinski definition) is 4. The molecule has 1 aromatic heterocycles. The normalized spacial score (nSPS) is 10.2. The molecule has 4 nitrogen and oxygen atoms in total. The van der Waals surface area contributed by atoms with Crippen molar-refractivity contribution in [1.29, 1.82) is 5.26 Å². The molecule has 0 fully saturated rings. The summed E-state index contributed by atoms with van der Waals surface area (Å²) < 4.78 is 11.2. The molecular formula is C20H16N2O2. The first-order valence-corrected chi connectivity index (χ1v) is 7.49. The third-order valence-electron chi connectivity index (χ3n) is 3.68. The maximum Gasteiger partial charge on any atom is 0.222 e. The summed E-state index contributed by atoms with van der Waals surface area (Å²) in [6.45, 7) is 3.98. The molecule has 24 heavy (non-hydrogen) atoms. The smallest absolute Gasteiger partial charge is 0.222 e. The molecule has 0 saturated carbocycles. The first-order valence-electron chi connectivity index (χ1n) is 7.49. The van der Waals surface area contributed by atoms with Gasteiger partial charge in [0, 0.05) is 16.3 Å². The zero-order valence-electron chi connectivity index (χ0n) is 13.3. The van der Waals surface area contributed by atoms with Crippen LogP contribution in [0.2, 0.25) is 0 Å². The van der Waals surface area contributed by atoms with Crippen molar-refractivity contribution < 1.29 is 9.47 Å². The lowest BCUT2D eigenvalue weighted by Crippen LogP contribution is -1.99. The van der Waals surface area contributed by atoms with E-state index in [2.05, 4.69) is 17.6 Å². The van der Waals surface area contributed by atoms with E-state index in [0.717, 1.165) is 27.6 Å². The van der Waals surface area contributed by atoms with Crippen molar-refractivity contribution in [3.63, 3.8) is 0 Å². The van der Waals surface area contributed by atoms with Gasteiger partial charge in [-0.2, -0.15) is 5.26 Å². The van der Waals surface area contributed by atoms with Crippen LogP contribution in [-0.2, 0) is 0 Å². The molecule has 0 radical (unpaired) electrons. The average Bonchev–Trinajstić information content (AvgIpc) is 2.65. The van der Waals surface area contributed by atoms with E-state index in [1.54, 1.807) is 19.3 Å². The van der Waals surface area contributed by atoms with E-state index in [9.17, 15) is 5.26 Å². The number of pyridine rings is 1. The van der Waals surface area contributed by atoms with Gasteiger partial charge in [-0.05, 0) is 23.8 Å². The van der Waals surface area contributed by atoms with Gasteiger partial charge in [0.25, 0.3) is 0 Å². The Morgan fingerprint density at radius 3 is 2.62 bits per heavy atom. The monoisotopic (exact) mass is 316 g/mol. The molecule has 118 valence electrons. The highest BCUT2D eigenvalue weighted by Crippen LogP contribution is 2.39. The molecule has 1 heterocycles. The van der Waals surface area contributed by atoms with Gasteiger partial charge in [-0.25, -0.2) is 4.98 Å². The summed E-state index contributed by atoms with van der Waals surface area (Å²) in [5, 5.41) is 11.0. The van der Waals surface area contributed by atoms with Crippen LogP contribution in [0.15, 0.2) is 61.2 Å². The van der Waals surface area contributed by atoms with Crippen molar-refractivity contribution in [1.82, 2.24) is 4.98 Å². The molecule has 2 aromatic carbocycles. The fourth-order valence-electron chi connectivity index (χ4n) is 2.65. The summed E-state index contributed by atoms with van der Waals surface area (Å²) in [6.07, 6.45) is 1.65. The molecule has 0 aliphatic heterocycles. The summed E-state index contributed by atoms with van der Waals surface area (Å²) in [5.74, 6) is 1.15. The summed E-state index contributed by atoms with van der Waals surface area (Å²) in [4.78, 5) is 4.28. The lowest BCUT2D eigenvalue weighted by molar-refractivity contribution is 0.353. The van der Waals surface area contributed by atoms with Crippen molar-refractivity contribution in [3.05, 3.63) is 66.9 Å². The molecule has 0 amide bonds. The minimum absolute atomic E-state index is 0.298. The second-order valence-corrected chi connectivity index (χ2v) is 5.13. The Hall–Kier alpha value is -3.32. The predicted molar refractivity (Wildman–Crippen MR) is 94.1 cm³/mol. The van der Waals surface area contributed by atoms with E-state index in [-0.39, 0.29) is 0 Å². The topological polar surface area (TPSA) is 55.1 Å². The average molecular weight is 316 g/mol. The van der Waals surface area contributed by atoms with E-state index in [1.165, 1.54) is 0 Å². The number of nitriles is 1. The van der Waals surface area contributed by atoms with E-state index in [1.807, 2.05) is 42.5 Å². The molecule has 4 heteroatoms. The van der Waals surface area contributed by atoms with Crippen molar-refractivity contribution in [2.75, 3.05) is 13.7 Å². The van der Waals surface area contributed by atoms with Crippen LogP contribution in [0.1, 0.15) is 5.69 Å². The van der Waals surface area contributed by atoms with Gasteiger partial charge >= 0.3 is 0 Å². The Morgan fingerprint density at radius 2 is 1.96 bits per heavy atom. The van der Waals surface area contributed by atoms with E-state index in [4.69, 9.17) is 9.47 Å². The predicted octanol–water partition coefficient (Wildman–Crippen LogP) is 4.35. The first-order chi connectivity index (χ1) is 11.8. The van der Waals surface area contributed by atoms with Crippen LogP contribution in [0.5, 0.6) is 11.6 Å². The quantitative estimate of drug-likeness (QED) is 0.657. The highest BCUT2D eigenvalue weighted by atomic mass is 16.5. The Bertz CT molecular complexity index is 928. The van der Waals surface area contributed by atoms with Crippen molar-refractivity contribution >= 4 is 10.8 Å². The number of benzene rings is 2. The fourth-order valence-corrected chi connectivity index (χ4v) is 2.65. The van der Waals surface area contributed by atoms with Crippen molar-refractivity contribution in [3.8, 4) is 28.8 Å². The Labute approximate surface area is 140 Å². The third-order valence-corrected chi connectivity index (χ3v) is 3.68. The van der Waals surface area contributed by atoms with E-state index < -0.39 is 0 Å². The molecule has 0 spiro atoms. The lowest BCUT2D eigenvalue weighted by Gasteiger charge is -2.14. The van der Waals surface area contributed by atoms with Crippen LogP contribution < -0.4 is 9.47 Å². The summed E-state index contributed by atoms with van der Waals surface area (Å²) in [5.41, 5.74) is 2.22.